The standard InChI is InChI=1S/C14H19NO5/c1-9(2)15(8-13(16)17)14(18)10-5-6-11(19-3)12(7-10)20-4/h5-7,9H,8H2,1-4H3,(H,16,17). The molecule has 1 aromatic rings. The van der Waals surface area contributed by atoms with Crippen LogP contribution in [0.15, 0.2) is 18.2 Å². The summed E-state index contributed by atoms with van der Waals surface area (Å²) in [5.74, 6) is -0.466. The fourth-order valence-electron chi connectivity index (χ4n) is 1.77. The third kappa shape index (κ3) is 3.63. The van der Waals surface area contributed by atoms with Crippen LogP contribution in [-0.2, 0) is 4.79 Å². The fourth-order valence-corrected chi connectivity index (χ4v) is 1.77. The molecular formula is C14H19NO5. The molecule has 0 aliphatic heterocycles. The molecule has 0 aliphatic rings. The first-order valence-electron chi connectivity index (χ1n) is 6.15. The van der Waals surface area contributed by atoms with Crippen molar-refractivity contribution in [1.29, 1.82) is 0 Å². The molecule has 6 heteroatoms. The maximum atomic E-state index is 12.4. The molecule has 0 atom stereocenters. The molecule has 1 amide bonds. The Labute approximate surface area is 117 Å². The number of nitrogens with zero attached hydrogens (tertiary/aromatic N) is 1. The van der Waals surface area contributed by atoms with Crippen molar-refractivity contribution in [3.05, 3.63) is 23.8 Å². The van der Waals surface area contributed by atoms with Crippen LogP contribution in [0.5, 0.6) is 11.5 Å². The number of benzene rings is 1. The second-order valence-electron chi connectivity index (χ2n) is 4.49. The fraction of sp³-hybridized carbons (Fsp3) is 0.429. The van der Waals surface area contributed by atoms with Gasteiger partial charge in [0.25, 0.3) is 5.91 Å². The molecule has 0 fully saturated rings. The van der Waals surface area contributed by atoms with Crippen LogP contribution in [0.1, 0.15) is 24.2 Å². The smallest absolute Gasteiger partial charge is 0.323 e. The van der Waals surface area contributed by atoms with E-state index in [1.165, 1.54) is 19.1 Å². The summed E-state index contributed by atoms with van der Waals surface area (Å²) in [6, 6.07) is 4.52. The third-order valence-corrected chi connectivity index (χ3v) is 2.82. The highest BCUT2D eigenvalue weighted by atomic mass is 16.5. The summed E-state index contributed by atoms with van der Waals surface area (Å²) in [4.78, 5) is 24.5. The number of aliphatic carboxylic acids is 1. The van der Waals surface area contributed by atoms with Crippen LogP contribution in [0.2, 0.25) is 0 Å². The molecule has 20 heavy (non-hydrogen) atoms. The molecule has 110 valence electrons. The maximum Gasteiger partial charge on any atom is 0.323 e. The molecule has 0 aromatic heterocycles. The van der Waals surface area contributed by atoms with Gasteiger partial charge in [-0.05, 0) is 32.0 Å². The Morgan fingerprint density at radius 3 is 2.25 bits per heavy atom. The van der Waals surface area contributed by atoms with E-state index in [4.69, 9.17) is 14.6 Å². The van der Waals surface area contributed by atoms with Gasteiger partial charge in [0.05, 0.1) is 14.2 Å². The molecule has 0 spiro atoms. The summed E-state index contributed by atoms with van der Waals surface area (Å²) in [5, 5.41) is 8.87. The zero-order chi connectivity index (χ0) is 15.3. The van der Waals surface area contributed by atoms with Gasteiger partial charge in [-0.3, -0.25) is 9.59 Å². The highest BCUT2D eigenvalue weighted by molar-refractivity contribution is 5.96. The predicted molar refractivity (Wildman–Crippen MR) is 73.4 cm³/mol. The van der Waals surface area contributed by atoms with E-state index in [0.29, 0.717) is 17.1 Å². The second-order valence-corrected chi connectivity index (χ2v) is 4.49. The molecule has 1 rings (SSSR count). The van der Waals surface area contributed by atoms with Crippen molar-refractivity contribution < 1.29 is 24.2 Å². The van der Waals surface area contributed by atoms with Gasteiger partial charge in [0.1, 0.15) is 6.54 Å². The first-order chi connectivity index (χ1) is 9.40. The van der Waals surface area contributed by atoms with Crippen LogP contribution in [0, 0.1) is 0 Å². The van der Waals surface area contributed by atoms with E-state index in [2.05, 4.69) is 0 Å². The van der Waals surface area contributed by atoms with Crippen LogP contribution in [0.25, 0.3) is 0 Å². The Hall–Kier alpha value is -2.24. The Bertz CT molecular complexity index is 498. The quantitative estimate of drug-likeness (QED) is 0.857. The third-order valence-electron chi connectivity index (χ3n) is 2.82. The molecule has 1 N–H and O–H groups in total. The molecule has 0 aliphatic carbocycles. The number of methoxy groups -OCH3 is 2. The van der Waals surface area contributed by atoms with Crippen molar-refractivity contribution in [1.82, 2.24) is 4.90 Å². The molecule has 0 saturated heterocycles. The van der Waals surface area contributed by atoms with E-state index >= 15 is 0 Å². The van der Waals surface area contributed by atoms with Gasteiger partial charge >= 0.3 is 5.97 Å². The van der Waals surface area contributed by atoms with Crippen LogP contribution in [0.4, 0.5) is 0 Å². The number of carbonyl (C=O) groups is 2. The number of amides is 1. The SMILES string of the molecule is COc1ccc(C(=O)N(CC(=O)O)C(C)C)cc1OC. The second kappa shape index (κ2) is 6.79. The lowest BCUT2D eigenvalue weighted by molar-refractivity contribution is -0.138. The van der Waals surface area contributed by atoms with Gasteiger partial charge in [-0.1, -0.05) is 0 Å². The Morgan fingerprint density at radius 1 is 1.20 bits per heavy atom. The number of carbonyl (C=O) groups excluding carboxylic acids is 1. The lowest BCUT2D eigenvalue weighted by Crippen LogP contribution is -2.40. The first kappa shape index (κ1) is 15.8. The van der Waals surface area contributed by atoms with Gasteiger partial charge in [-0.25, -0.2) is 0 Å². The normalized spacial score (nSPS) is 10.2. The predicted octanol–water partition coefficient (Wildman–Crippen LogP) is 1.64. The number of carboxylic acids is 1. The number of rotatable bonds is 6. The topological polar surface area (TPSA) is 76.1 Å². The van der Waals surface area contributed by atoms with Crippen molar-refractivity contribution in [2.75, 3.05) is 20.8 Å². The van der Waals surface area contributed by atoms with Crippen LogP contribution in [0.3, 0.4) is 0 Å². The highest BCUT2D eigenvalue weighted by Gasteiger charge is 2.22. The van der Waals surface area contributed by atoms with Crippen molar-refractivity contribution in [2.24, 2.45) is 0 Å². The summed E-state index contributed by atoms with van der Waals surface area (Å²) >= 11 is 0. The number of carboxylic acid groups (broad SMARTS) is 1. The van der Waals surface area contributed by atoms with Crippen molar-refractivity contribution >= 4 is 11.9 Å². The zero-order valence-electron chi connectivity index (χ0n) is 12.0. The van der Waals surface area contributed by atoms with Gasteiger partial charge < -0.3 is 19.5 Å². The largest absolute Gasteiger partial charge is 0.493 e. The number of hydrogen-bond acceptors (Lipinski definition) is 4. The summed E-state index contributed by atoms with van der Waals surface area (Å²) in [5.41, 5.74) is 0.359. The van der Waals surface area contributed by atoms with Crippen molar-refractivity contribution in [2.45, 2.75) is 19.9 Å². The Kier molecular flexibility index (Phi) is 5.37. The lowest BCUT2D eigenvalue weighted by atomic mass is 10.1. The van der Waals surface area contributed by atoms with E-state index in [-0.39, 0.29) is 18.5 Å². The van der Waals surface area contributed by atoms with Gasteiger partial charge in [0, 0.05) is 11.6 Å². The van der Waals surface area contributed by atoms with Crippen molar-refractivity contribution in [3.63, 3.8) is 0 Å². The molecule has 0 unspecified atom stereocenters. The molecule has 0 bridgehead atoms. The molecule has 1 aromatic carbocycles. The first-order valence-corrected chi connectivity index (χ1v) is 6.15. The van der Waals surface area contributed by atoms with E-state index < -0.39 is 5.97 Å². The maximum absolute atomic E-state index is 12.4. The molecule has 0 radical (unpaired) electrons. The van der Waals surface area contributed by atoms with E-state index in [1.807, 2.05) is 0 Å². The average molecular weight is 281 g/mol. The average Bonchev–Trinajstić information content (AvgIpc) is 2.42. The van der Waals surface area contributed by atoms with Gasteiger partial charge in [0.2, 0.25) is 0 Å². The molecule has 0 heterocycles. The summed E-state index contributed by atoms with van der Waals surface area (Å²) in [6.45, 7) is 3.19. The van der Waals surface area contributed by atoms with Crippen molar-refractivity contribution in [3.8, 4) is 11.5 Å². The van der Waals surface area contributed by atoms with Gasteiger partial charge in [-0.15, -0.1) is 0 Å². The molecular weight excluding hydrogens is 262 g/mol. The van der Waals surface area contributed by atoms with Gasteiger partial charge in [-0.2, -0.15) is 0 Å². The van der Waals surface area contributed by atoms with Crippen LogP contribution in [-0.4, -0.2) is 48.7 Å². The Morgan fingerprint density at radius 2 is 1.80 bits per heavy atom. The lowest BCUT2D eigenvalue weighted by Gasteiger charge is -2.25. The van der Waals surface area contributed by atoms with E-state index in [0.717, 1.165) is 0 Å². The van der Waals surface area contributed by atoms with Crippen LogP contribution >= 0.6 is 0 Å². The number of hydrogen-bond donors (Lipinski definition) is 1. The summed E-state index contributed by atoms with van der Waals surface area (Å²) in [6.07, 6.45) is 0. The minimum absolute atomic E-state index is 0.216. The van der Waals surface area contributed by atoms with Crippen LogP contribution < -0.4 is 9.47 Å². The highest BCUT2D eigenvalue weighted by Crippen LogP contribution is 2.28. The molecule has 6 nitrogen and oxygen atoms in total. The zero-order valence-corrected chi connectivity index (χ0v) is 12.0. The molecule has 0 saturated carbocycles. The monoisotopic (exact) mass is 281 g/mol. The Balaban J connectivity index is 3.08. The van der Waals surface area contributed by atoms with Gasteiger partial charge in [0.15, 0.2) is 11.5 Å². The minimum Gasteiger partial charge on any atom is -0.493 e. The minimum atomic E-state index is -1.05. The summed E-state index contributed by atoms with van der Waals surface area (Å²) in [7, 11) is 2.98. The van der Waals surface area contributed by atoms with E-state index in [1.54, 1.807) is 32.0 Å². The number of ether oxygens (including phenoxy) is 2. The summed E-state index contributed by atoms with van der Waals surface area (Å²) < 4.78 is 10.2. The van der Waals surface area contributed by atoms with E-state index in [9.17, 15) is 9.59 Å².